The van der Waals surface area contributed by atoms with Crippen LogP contribution in [0.2, 0.25) is 0 Å². The number of thioether (sulfide) groups is 1. The Hall–Kier alpha value is -0.390. The monoisotopic (exact) mass is 188 g/mol. The first-order valence-electron chi connectivity index (χ1n) is 3.10. The number of thiocarbonyl (C=S) groups is 1. The van der Waals surface area contributed by atoms with Gasteiger partial charge in [0, 0.05) is 7.05 Å². The number of hydrogen-bond donors (Lipinski definition) is 1. The molecule has 1 N–H and O–H groups in total. The van der Waals surface area contributed by atoms with Crippen molar-refractivity contribution in [3.05, 3.63) is 11.0 Å². The van der Waals surface area contributed by atoms with E-state index in [1.165, 1.54) is 16.8 Å². The second-order valence-corrected chi connectivity index (χ2v) is 3.56. The molecule has 0 atom stereocenters. The highest BCUT2D eigenvalue weighted by Crippen LogP contribution is 2.28. The highest BCUT2D eigenvalue weighted by Gasteiger charge is 2.30. The summed E-state index contributed by atoms with van der Waals surface area (Å²) in [6.45, 7) is 1.82. The zero-order valence-corrected chi connectivity index (χ0v) is 7.88. The van der Waals surface area contributed by atoms with Gasteiger partial charge in [0.1, 0.15) is 0 Å². The molecule has 1 amide bonds. The first-order valence-corrected chi connectivity index (χ1v) is 4.33. The molecule has 0 aromatic heterocycles. The van der Waals surface area contributed by atoms with Gasteiger partial charge in [-0.05, 0) is 6.92 Å². The van der Waals surface area contributed by atoms with Crippen molar-refractivity contribution in [3.63, 3.8) is 0 Å². The smallest absolute Gasteiger partial charge is 0.267 e. The Labute approximate surface area is 74.8 Å². The molecule has 0 unspecified atom stereocenters. The normalized spacial score (nSPS) is 22.0. The molecular formula is C6H8N2OS2. The first-order chi connectivity index (χ1) is 5.20. The first kappa shape index (κ1) is 8.70. The van der Waals surface area contributed by atoms with E-state index in [1.54, 1.807) is 13.1 Å². The van der Waals surface area contributed by atoms with E-state index < -0.39 is 0 Å². The van der Waals surface area contributed by atoms with E-state index in [1.807, 2.05) is 6.92 Å². The summed E-state index contributed by atoms with van der Waals surface area (Å²) in [6, 6.07) is 0. The van der Waals surface area contributed by atoms with Crippen LogP contribution in [-0.4, -0.2) is 22.3 Å². The number of rotatable bonds is 1. The molecule has 1 heterocycles. The number of amides is 1. The third kappa shape index (κ3) is 1.45. The van der Waals surface area contributed by atoms with Crippen LogP contribution in [0.4, 0.5) is 0 Å². The second kappa shape index (κ2) is 3.34. The zero-order chi connectivity index (χ0) is 8.43. The van der Waals surface area contributed by atoms with Crippen molar-refractivity contribution in [3.8, 4) is 0 Å². The maximum atomic E-state index is 11.3. The third-order valence-corrected chi connectivity index (χ3v) is 2.70. The summed E-state index contributed by atoms with van der Waals surface area (Å²) in [7, 11) is 1.67. The number of nitrogens with one attached hydrogen (secondary N) is 1. The van der Waals surface area contributed by atoms with E-state index >= 15 is 0 Å². The Balaban J connectivity index is 2.88. The van der Waals surface area contributed by atoms with Crippen LogP contribution in [0.5, 0.6) is 0 Å². The topological polar surface area (TPSA) is 32.3 Å². The summed E-state index contributed by atoms with van der Waals surface area (Å²) in [6.07, 6.45) is 1.76. The van der Waals surface area contributed by atoms with Crippen LogP contribution in [0.3, 0.4) is 0 Å². The predicted molar refractivity (Wildman–Crippen MR) is 49.9 cm³/mol. The van der Waals surface area contributed by atoms with Crippen molar-refractivity contribution in [2.24, 2.45) is 0 Å². The predicted octanol–water partition coefficient (Wildman–Crippen LogP) is 0.885. The molecule has 1 rings (SSSR count). The van der Waals surface area contributed by atoms with Crippen LogP contribution in [0.15, 0.2) is 11.0 Å². The Morgan fingerprint density at radius 1 is 1.73 bits per heavy atom. The number of carbonyl (C=O) groups is 1. The molecule has 60 valence electrons. The standard InChI is InChI=1S/C6H8N2OS2/c1-3-4-5(9)8(7-2)6(10)11-4/h3,7H,1-2H3/b4-3+. The fourth-order valence-corrected chi connectivity index (χ4v) is 1.95. The van der Waals surface area contributed by atoms with E-state index in [4.69, 9.17) is 12.2 Å². The Kier molecular flexibility index (Phi) is 2.64. The molecule has 1 saturated heterocycles. The summed E-state index contributed by atoms with van der Waals surface area (Å²) >= 11 is 6.24. The molecule has 0 bridgehead atoms. The largest absolute Gasteiger partial charge is 0.280 e. The van der Waals surface area contributed by atoms with E-state index in [0.29, 0.717) is 9.23 Å². The van der Waals surface area contributed by atoms with Gasteiger partial charge in [-0.2, -0.15) is 0 Å². The van der Waals surface area contributed by atoms with E-state index in [-0.39, 0.29) is 5.91 Å². The van der Waals surface area contributed by atoms with Gasteiger partial charge in [-0.25, -0.2) is 10.4 Å². The average Bonchev–Trinajstić information content (AvgIpc) is 2.26. The lowest BCUT2D eigenvalue weighted by atomic mass is 10.5. The van der Waals surface area contributed by atoms with Crippen LogP contribution in [0.1, 0.15) is 6.92 Å². The molecule has 0 aliphatic carbocycles. The maximum absolute atomic E-state index is 11.3. The van der Waals surface area contributed by atoms with Crippen LogP contribution < -0.4 is 5.43 Å². The van der Waals surface area contributed by atoms with Gasteiger partial charge < -0.3 is 0 Å². The van der Waals surface area contributed by atoms with Crippen LogP contribution in [0.25, 0.3) is 0 Å². The number of hydrazine groups is 1. The van der Waals surface area contributed by atoms with Crippen LogP contribution in [0, 0.1) is 0 Å². The summed E-state index contributed by atoms with van der Waals surface area (Å²) in [5, 5.41) is 1.36. The summed E-state index contributed by atoms with van der Waals surface area (Å²) < 4.78 is 0.561. The minimum atomic E-state index is -0.0648. The number of carbonyl (C=O) groups excluding carboxylic acids is 1. The molecule has 1 fully saturated rings. The van der Waals surface area contributed by atoms with E-state index in [9.17, 15) is 4.79 Å². The molecule has 3 nitrogen and oxygen atoms in total. The van der Waals surface area contributed by atoms with Gasteiger partial charge in [-0.1, -0.05) is 30.1 Å². The van der Waals surface area contributed by atoms with Gasteiger partial charge >= 0.3 is 0 Å². The fourth-order valence-electron chi connectivity index (χ4n) is 0.752. The SMILES string of the molecule is C/C=C1/SC(=S)N(NC)C1=O. The molecule has 0 aromatic rings. The molecule has 1 aliphatic heterocycles. The molecule has 11 heavy (non-hydrogen) atoms. The van der Waals surface area contributed by atoms with Crippen molar-refractivity contribution in [2.45, 2.75) is 6.92 Å². The van der Waals surface area contributed by atoms with Crippen LogP contribution in [-0.2, 0) is 4.79 Å². The van der Waals surface area contributed by atoms with Crippen LogP contribution >= 0.6 is 24.0 Å². The Morgan fingerprint density at radius 3 is 2.64 bits per heavy atom. The van der Waals surface area contributed by atoms with E-state index in [2.05, 4.69) is 5.43 Å². The Morgan fingerprint density at radius 2 is 2.36 bits per heavy atom. The molecule has 0 aromatic carbocycles. The second-order valence-electron chi connectivity index (χ2n) is 1.89. The van der Waals surface area contributed by atoms with Gasteiger partial charge in [0.05, 0.1) is 4.91 Å². The summed E-state index contributed by atoms with van der Waals surface area (Å²) in [5.41, 5.74) is 2.71. The Bertz CT molecular complexity index is 237. The van der Waals surface area contributed by atoms with E-state index in [0.717, 1.165) is 0 Å². The minimum Gasteiger partial charge on any atom is -0.267 e. The third-order valence-electron chi connectivity index (χ3n) is 1.28. The van der Waals surface area contributed by atoms with Gasteiger partial charge in [0.2, 0.25) is 0 Å². The molecule has 1 aliphatic rings. The molecule has 0 spiro atoms. The van der Waals surface area contributed by atoms with Crippen molar-refractivity contribution in [1.82, 2.24) is 10.4 Å². The van der Waals surface area contributed by atoms with Crippen molar-refractivity contribution in [2.75, 3.05) is 7.05 Å². The lowest BCUT2D eigenvalue weighted by Crippen LogP contribution is -2.38. The molecule has 5 heteroatoms. The summed E-state index contributed by atoms with van der Waals surface area (Å²) in [4.78, 5) is 11.9. The summed E-state index contributed by atoms with van der Waals surface area (Å²) in [5.74, 6) is -0.0648. The lowest BCUT2D eigenvalue weighted by Gasteiger charge is -2.10. The van der Waals surface area contributed by atoms with Crippen molar-refractivity contribution < 1.29 is 4.79 Å². The fraction of sp³-hybridized carbons (Fsp3) is 0.333. The quantitative estimate of drug-likeness (QED) is 0.489. The molecular weight excluding hydrogens is 180 g/mol. The van der Waals surface area contributed by atoms with Crippen molar-refractivity contribution in [1.29, 1.82) is 0 Å². The molecule has 0 saturated carbocycles. The lowest BCUT2D eigenvalue weighted by molar-refractivity contribution is -0.123. The van der Waals surface area contributed by atoms with Crippen molar-refractivity contribution >= 4 is 34.2 Å². The van der Waals surface area contributed by atoms with Gasteiger partial charge in [-0.3, -0.25) is 4.79 Å². The minimum absolute atomic E-state index is 0.0648. The van der Waals surface area contributed by atoms with Gasteiger partial charge in [0.15, 0.2) is 4.32 Å². The molecule has 0 radical (unpaired) electrons. The van der Waals surface area contributed by atoms with Gasteiger partial charge in [0.25, 0.3) is 5.91 Å². The maximum Gasteiger partial charge on any atom is 0.280 e. The number of allylic oxidation sites excluding steroid dienone is 1. The van der Waals surface area contributed by atoms with Gasteiger partial charge in [-0.15, -0.1) is 0 Å². The highest BCUT2D eigenvalue weighted by molar-refractivity contribution is 8.26. The average molecular weight is 188 g/mol. The highest BCUT2D eigenvalue weighted by atomic mass is 32.2. The zero-order valence-electron chi connectivity index (χ0n) is 6.25. The number of nitrogens with zero attached hydrogens (tertiary/aromatic N) is 1. The number of hydrogen-bond acceptors (Lipinski definition) is 4.